The molecule has 1 unspecified atom stereocenters. The Morgan fingerprint density at radius 1 is 1.27 bits per heavy atom. The van der Waals surface area contributed by atoms with Crippen LogP contribution in [0.1, 0.15) is 29.3 Å². The van der Waals surface area contributed by atoms with Crippen molar-refractivity contribution in [2.24, 2.45) is 11.7 Å². The molecule has 1 aromatic heterocycles. The molecule has 2 N–H and O–H groups in total. The van der Waals surface area contributed by atoms with Crippen molar-refractivity contribution in [3.05, 3.63) is 59.8 Å². The van der Waals surface area contributed by atoms with E-state index >= 15 is 0 Å². The second-order valence-corrected chi connectivity index (χ2v) is 7.06. The standard InChI is InChI=1S/C21H28N4O/c1-17-8-12-25(16-17)20-15-19(7-11-23-20)21(26)24(14-10-22)13-9-18-5-3-2-4-6-18/h2-7,11,15,17H,8-10,12-14,16,22H2,1H3. The Hall–Kier alpha value is -2.40. The van der Waals surface area contributed by atoms with Crippen LogP contribution in [-0.2, 0) is 6.42 Å². The second-order valence-electron chi connectivity index (χ2n) is 7.06. The number of nitrogens with two attached hydrogens (primary N) is 1. The summed E-state index contributed by atoms with van der Waals surface area (Å²) in [6.45, 7) is 5.95. The normalized spacial score (nSPS) is 16.7. The molecule has 5 nitrogen and oxygen atoms in total. The van der Waals surface area contributed by atoms with Gasteiger partial charge in [0.05, 0.1) is 0 Å². The van der Waals surface area contributed by atoms with Gasteiger partial charge in [-0.3, -0.25) is 4.79 Å². The predicted octanol–water partition coefficient (Wildman–Crippen LogP) is 2.57. The maximum atomic E-state index is 13.0. The Kier molecular flexibility index (Phi) is 6.23. The predicted molar refractivity (Wildman–Crippen MR) is 105 cm³/mol. The molecule has 3 rings (SSSR count). The van der Waals surface area contributed by atoms with Crippen LogP contribution in [0.3, 0.4) is 0 Å². The van der Waals surface area contributed by atoms with Crippen molar-refractivity contribution in [1.29, 1.82) is 0 Å². The lowest BCUT2D eigenvalue weighted by Gasteiger charge is -2.23. The molecule has 0 radical (unpaired) electrons. The summed E-state index contributed by atoms with van der Waals surface area (Å²) in [6, 6.07) is 14.0. The summed E-state index contributed by atoms with van der Waals surface area (Å²) in [7, 11) is 0. The molecule has 1 aliphatic heterocycles. The zero-order valence-electron chi connectivity index (χ0n) is 15.5. The number of pyridine rings is 1. The molecule has 0 aliphatic carbocycles. The molecule has 5 heteroatoms. The van der Waals surface area contributed by atoms with Crippen molar-refractivity contribution in [3.63, 3.8) is 0 Å². The lowest BCUT2D eigenvalue weighted by Crippen LogP contribution is -2.37. The summed E-state index contributed by atoms with van der Waals surface area (Å²) in [6.07, 6.45) is 3.74. The third-order valence-corrected chi connectivity index (χ3v) is 4.94. The molecule has 2 aromatic rings. The molecular weight excluding hydrogens is 324 g/mol. The molecule has 0 spiro atoms. The summed E-state index contributed by atoms with van der Waals surface area (Å²) in [5, 5.41) is 0. The molecule has 1 saturated heterocycles. The Morgan fingerprint density at radius 2 is 2.08 bits per heavy atom. The van der Waals surface area contributed by atoms with Crippen LogP contribution >= 0.6 is 0 Å². The maximum absolute atomic E-state index is 13.0. The van der Waals surface area contributed by atoms with Gasteiger partial charge in [0.2, 0.25) is 0 Å². The van der Waals surface area contributed by atoms with E-state index in [0.29, 0.717) is 31.1 Å². The van der Waals surface area contributed by atoms with Crippen molar-refractivity contribution in [2.45, 2.75) is 19.8 Å². The van der Waals surface area contributed by atoms with E-state index in [9.17, 15) is 4.79 Å². The minimum atomic E-state index is 0.0299. The summed E-state index contributed by atoms with van der Waals surface area (Å²) < 4.78 is 0. The van der Waals surface area contributed by atoms with Crippen molar-refractivity contribution < 1.29 is 4.79 Å². The van der Waals surface area contributed by atoms with E-state index < -0.39 is 0 Å². The average Bonchev–Trinajstić information content (AvgIpc) is 3.12. The van der Waals surface area contributed by atoms with Gasteiger partial charge in [-0.2, -0.15) is 0 Å². The third kappa shape index (κ3) is 4.61. The Morgan fingerprint density at radius 3 is 2.77 bits per heavy atom. The fourth-order valence-corrected chi connectivity index (χ4v) is 3.43. The molecule has 1 atom stereocenters. The highest BCUT2D eigenvalue weighted by Crippen LogP contribution is 2.22. The highest BCUT2D eigenvalue weighted by atomic mass is 16.2. The number of amides is 1. The number of nitrogens with zero attached hydrogens (tertiary/aromatic N) is 3. The molecule has 2 heterocycles. The molecular formula is C21H28N4O. The molecule has 138 valence electrons. The second kappa shape index (κ2) is 8.81. The van der Waals surface area contributed by atoms with Gasteiger partial charge in [-0.25, -0.2) is 4.98 Å². The van der Waals surface area contributed by atoms with Gasteiger partial charge in [-0.1, -0.05) is 37.3 Å². The number of benzene rings is 1. The molecule has 1 aromatic carbocycles. The first-order valence-corrected chi connectivity index (χ1v) is 9.41. The summed E-state index contributed by atoms with van der Waals surface area (Å²) in [5.74, 6) is 1.61. The zero-order chi connectivity index (χ0) is 18.4. The van der Waals surface area contributed by atoms with Crippen LogP contribution in [0.2, 0.25) is 0 Å². The molecule has 1 fully saturated rings. The van der Waals surface area contributed by atoms with Crippen LogP contribution < -0.4 is 10.6 Å². The van der Waals surface area contributed by atoms with Gasteiger partial charge in [0.15, 0.2) is 0 Å². The topological polar surface area (TPSA) is 62.5 Å². The quantitative estimate of drug-likeness (QED) is 0.832. The Balaban J connectivity index is 1.70. The lowest BCUT2D eigenvalue weighted by atomic mass is 10.1. The van der Waals surface area contributed by atoms with E-state index in [2.05, 4.69) is 28.9 Å². The number of hydrogen-bond donors (Lipinski definition) is 1. The molecule has 1 amide bonds. The van der Waals surface area contributed by atoms with Gasteiger partial charge >= 0.3 is 0 Å². The van der Waals surface area contributed by atoms with Crippen molar-refractivity contribution in [2.75, 3.05) is 37.6 Å². The first-order chi connectivity index (χ1) is 12.7. The zero-order valence-corrected chi connectivity index (χ0v) is 15.5. The molecule has 26 heavy (non-hydrogen) atoms. The summed E-state index contributed by atoms with van der Waals surface area (Å²) in [5.41, 5.74) is 7.66. The average molecular weight is 352 g/mol. The van der Waals surface area contributed by atoms with E-state index in [1.54, 1.807) is 12.3 Å². The SMILES string of the molecule is CC1CCN(c2cc(C(=O)N(CCN)CCc3ccccc3)ccn2)C1. The van der Waals surface area contributed by atoms with Crippen LogP contribution in [-0.4, -0.2) is 48.5 Å². The third-order valence-electron chi connectivity index (χ3n) is 4.94. The van der Waals surface area contributed by atoms with E-state index in [-0.39, 0.29) is 5.91 Å². The van der Waals surface area contributed by atoms with E-state index in [1.165, 1.54) is 12.0 Å². The van der Waals surface area contributed by atoms with Crippen LogP contribution in [0, 0.1) is 5.92 Å². The van der Waals surface area contributed by atoms with Crippen LogP contribution in [0.15, 0.2) is 48.7 Å². The van der Waals surface area contributed by atoms with Crippen LogP contribution in [0.25, 0.3) is 0 Å². The molecule has 0 saturated carbocycles. The maximum Gasteiger partial charge on any atom is 0.254 e. The smallest absolute Gasteiger partial charge is 0.254 e. The first-order valence-electron chi connectivity index (χ1n) is 9.41. The van der Waals surface area contributed by atoms with Gasteiger partial charge in [0.1, 0.15) is 5.82 Å². The number of aromatic nitrogens is 1. The van der Waals surface area contributed by atoms with Crippen LogP contribution in [0.4, 0.5) is 5.82 Å². The number of carbonyl (C=O) groups excluding carboxylic acids is 1. The highest BCUT2D eigenvalue weighted by Gasteiger charge is 2.22. The lowest BCUT2D eigenvalue weighted by molar-refractivity contribution is 0.0762. The monoisotopic (exact) mass is 352 g/mol. The fourth-order valence-electron chi connectivity index (χ4n) is 3.43. The number of rotatable bonds is 7. The Bertz CT molecular complexity index is 719. The van der Waals surface area contributed by atoms with Gasteiger partial charge < -0.3 is 15.5 Å². The number of anilines is 1. The van der Waals surface area contributed by atoms with Crippen molar-refractivity contribution >= 4 is 11.7 Å². The first kappa shape index (κ1) is 18.4. The van der Waals surface area contributed by atoms with Gasteiger partial charge in [-0.15, -0.1) is 0 Å². The molecule has 1 aliphatic rings. The highest BCUT2D eigenvalue weighted by molar-refractivity contribution is 5.94. The fraction of sp³-hybridized carbons (Fsp3) is 0.429. The molecule has 0 bridgehead atoms. The van der Waals surface area contributed by atoms with E-state index in [4.69, 9.17) is 5.73 Å². The number of carbonyl (C=O) groups is 1. The van der Waals surface area contributed by atoms with Crippen molar-refractivity contribution in [3.8, 4) is 0 Å². The van der Waals surface area contributed by atoms with Crippen molar-refractivity contribution in [1.82, 2.24) is 9.88 Å². The minimum absolute atomic E-state index is 0.0299. The summed E-state index contributed by atoms with van der Waals surface area (Å²) in [4.78, 5) is 21.6. The van der Waals surface area contributed by atoms with Gasteiger partial charge in [-0.05, 0) is 36.5 Å². The Labute approximate surface area is 155 Å². The number of hydrogen-bond acceptors (Lipinski definition) is 4. The van der Waals surface area contributed by atoms with E-state index in [0.717, 1.165) is 25.3 Å². The summed E-state index contributed by atoms with van der Waals surface area (Å²) >= 11 is 0. The van der Waals surface area contributed by atoms with E-state index in [1.807, 2.05) is 29.2 Å². The minimum Gasteiger partial charge on any atom is -0.356 e. The van der Waals surface area contributed by atoms with Gasteiger partial charge in [0, 0.05) is 44.5 Å². The largest absolute Gasteiger partial charge is 0.356 e. The van der Waals surface area contributed by atoms with Crippen LogP contribution in [0.5, 0.6) is 0 Å². The van der Waals surface area contributed by atoms with Gasteiger partial charge in [0.25, 0.3) is 5.91 Å².